The number of thioether (sulfide) groups is 1. The van der Waals surface area contributed by atoms with Crippen LogP contribution in [0, 0.1) is 0 Å². The topological polar surface area (TPSA) is 76.7 Å². The molecule has 6 nitrogen and oxygen atoms in total. The van der Waals surface area contributed by atoms with Gasteiger partial charge >= 0.3 is 6.09 Å². The fraction of sp³-hybridized carbons (Fsp3) is 0.300. The maximum absolute atomic E-state index is 11.9. The Kier molecular flexibility index (Phi) is 6.59. The summed E-state index contributed by atoms with van der Waals surface area (Å²) in [6.07, 6.45) is -0.580. The molecular weight excluding hydrogens is 364 g/mol. The second-order valence-electron chi connectivity index (χ2n) is 6.16. The number of benzene rings is 2. The largest absolute Gasteiger partial charge is 0.497 e. The standard InChI is InChI=1S/C20H22N2O4S/c1-25-16-9-7-15(8-10-16)12-27-13-17-18(19(23)21-17)22-20(24)26-11-14-5-3-2-4-6-14/h2-10,17-18H,11-13H2,1H3,(H,21,23)(H,22,24)/t17-,18+/m1/s1. The molecule has 0 spiro atoms. The molecule has 7 heteroatoms. The smallest absolute Gasteiger partial charge is 0.408 e. The van der Waals surface area contributed by atoms with Gasteiger partial charge in [-0.15, -0.1) is 0 Å². The van der Waals surface area contributed by atoms with Gasteiger partial charge in [-0.05, 0) is 23.3 Å². The monoisotopic (exact) mass is 386 g/mol. The number of alkyl carbamates (subject to hydrolysis) is 1. The first-order valence-corrected chi connectivity index (χ1v) is 9.79. The number of hydrogen-bond acceptors (Lipinski definition) is 5. The van der Waals surface area contributed by atoms with Crippen LogP contribution in [0.1, 0.15) is 11.1 Å². The van der Waals surface area contributed by atoms with Crippen LogP contribution in [0.3, 0.4) is 0 Å². The van der Waals surface area contributed by atoms with Gasteiger partial charge in [-0.1, -0.05) is 42.5 Å². The van der Waals surface area contributed by atoms with Gasteiger partial charge < -0.3 is 20.1 Å². The SMILES string of the molecule is COc1ccc(CSC[C@H]2NC(=O)[C@H]2NC(=O)OCc2ccccc2)cc1. The molecule has 2 atom stereocenters. The molecule has 1 heterocycles. The van der Waals surface area contributed by atoms with Crippen LogP contribution in [0.25, 0.3) is 0 Å². The Bertz CT molecular complexity index is 767. The zero-order chi connectivity index (χ0) is 19.1. The number of nitrogens with one attached hydrogen (secondary N) is 2. The van der Waals surface area contributed by atoms with E-state index in [-0.39, 0.29) is 18.6 Å². The number of hydrogen-bond donors (Lipinski definition) is 2. The third-order valence-electron chi connectivity index (χ3n) is 4.22. The van der Waals surface area contributed by atoms with Crippen molar-refractivity contribution in [2.24, 2.45) is 0 Å². The van der Waals surface area contributed by atoms with E-state index in [2.05, 4.69) is 10.6 Å². The summed E-state index contributed by atoms with van der Waals surface area (Å²) in [5.74, 6) is 2.18. The average Bonchev–Trinajstić information content (AvgIpc) is 2.71. The van der Waals surface area contributed by atoms with E-state index in [0.29, 0.717) is 5.75 Å². The predicted molar refractivity (Wildman–Crippen MR) is 105 cm³/mol. The second kappa shape index (κ2) is 9.32. The fourth-order valence-corrected chi connectivity index (χ4v) is 3.74. The van der Waals surface area contributed by atoms with E-state index in [1.54, 1.807) is 18.9 Å². The zero-order valence-electron chi connectivity index (χ0n) is 15.0. The Balaban J connectivity index is 1.39. The summed E-state index contributed by atoms with van der Waals surface area (Å²) in [4.78, 5) is 23.7. The number of methoxy groups -OCH3 is 1. The van der Waals surface area contributed by atoms with E-state index in [1.807, 2.05) is 54.6 Å². The molecule has 0 saturated carbocycles. The Hall–Kier alpha value is -2.67. The summed E-state index contributed by atoms with van der Waals surface area (Å²) in [7, 11) is 1.64. The maximum Gasteiger partial charge on any atom is 0.408 e. The van der Waals surface area contributed by atoms with E-state index in [1.165, 1.54) is 5.56 Å². The van der Waals surface area contributed by atoms with Gasteiger partial charge in [-0.3, -0.25) is 4.79 Å². The minimum Gasteiger partial charge on any atom is -0.497 e. The molecule has 27 heavy (non-hydrogen) atoms. The van der Waals surface area contributed by atoms with Crippen molar-refractivity contribution in [1.29, 1.82) is 0 Å². The minimum atomic E-state index is -0.580. The number of carbonyl (C=O) groups is 2. The molecule has 0 unspecified atom stereocenters. The second-order valence-corrected chi connectivity index (χ2v) is 7.19. The molecule has 2 aromatic rings. The highest BCUT2D eigenvalue weighted by Crippen LogP contribution is 2.20. The molecule has 2 N–H and O–H groups in total. The van der Waals surface area contributed by atoms with Crippen LogP contribution < -0.4 is 15.4 Å². The molecule has 1 fully saturated rings. The van der Waals surface area contributed by atoms with Crippen LogP contribution in [0.4, 0.5) is 4.79 Å². The van der Waals surface area contributed by atoms with Crippen molar-refractivity contribution in [3.63, 3.8) is 0 Å². The first-order valence-electron chi connectivity index (χ1n) is 8.64. The quantitative estimate of drug-likeness (QED) is 0.682. The van der Waals surface area contributed by atoms with E-state index >= 15 is 0 Å². The third-order valence-corrected chi connectivity index (χ3v) is 5.36. The number of ether oxygens (including phenoxy) is 2. The molecule has 1 saturated heterocycles. The molecule has 1 aliphatic heterocycles. The van der Waals surface area contributed by atoms with Crippen LogP contribution in [-0.4, -0.2) is 36.9 Å². The highest BCUT2D eigenvalue weighted by molar-refractivity contribution is 7.98. The normalized spacial score (nSPS) is 18.2. The van der Waals surface area contributed by atoms with Crippen LogP contribution in [0.15, 0.2) is 54.6 Å². The number of rotatable bonds is 8. The molecule has 2 aromatic carbocycles. The van der Waals surface area contributed by atoms with Gasteiger partial charge in [0.25, 0.3) is 0 Å². The minimum absolute atomic E-state index is 0.0926. The highest BCUT2D eigenvalue weighted by atomic mass is 32.2. The molecule has 0 aromatic heterocycles. The van der Waals surface area contributed by atoms with Gasteiger partial charge in [0.15, 0.2) is 0 Å². The third kappa shape index (κ3) is 5.40. The summed E-state index contributed by atoms with van der Waals surface area (Å²) < 4.78 is 10.3. The molecule has 3 rings (SSSR count). The summed E-state index contributed by atoms with van der Waals surface area (Å²) >= 11 is 1.70. The van der Waals surface area contributed by atoms with Crippen molar-refractivity contribution in [2.75, 3.05) is 12.9 Å². The lowest BCUT2D eigenvalue weighted by Crippen LogP contribution is -2.70. The predicted octanol–water partition coefficient (Wildman–Crippen LogP) is 2.72. The molecule has 0 bridgehead atoms. The Morgan fingerprint density at radius 3 is 2.52 bits per heavy atom. The summed E-state index contributed by atoms with van der Waals surface area (Å²) in [5, 5.41) is 5.47. The lowest BCUT2D eigenvalue weighted by molar-refractivity contribution is -0.130. The van der Waals surface area contributed by atoms with Crippen molar-refractivity contribution in [1.82, 2.24) is 10.6 Å². The maximum atomic E-state index is 11.9. The van der Waals surface area contributed by atoms with Crippen LogP contribution >= 0.6 is 11.8 Å². The number of amides is 2. The Morgan fingerprint density at radius 1 is 1.11 bits per heavy atom. The average molecular weight is 386 g/mol. The van der Waals surface area contributed by atoms with Gasteiger partial charge in [0.1, 0.15) is 18.4 Å². The van der Waals surface area contributed by atoms with Crippen molar-refractivity contribution < 1.29 is 19.1 Å². The van der Waals surface area contributed by atoms with E-state index in [9.17, 15) is 9.59 Å². The molecule has 142 valence electrons. The van der Waals surface area contributed by atoms with Gasteiger partial charge in [0.2, 0.25) is 5.91 Å². The molecule has 2 amide bonds. The van der Waals surface area contributed by atoms with Crippen molar-refractivity contribution in [3.05, 3.63) is 65.7 Å². The summed E-state index contributed by atoms with van der Waals surface area (Å²) in [5.41, 5.74) is 2.08. The van der Waals surface area contributed by atoms with E-state index in [4.69, 9.17) is 9.47 Å². The fourth-order valence-electron chi connectivity index (χ4n) is 2.66. The van der Waals surface area contributed by atoms with Gasteiger partial charge in [0, 0.05) is 11.5 Å². The summed E-state index contributed by atoms with van der Waals surface area (Å²) in [6, 6.07) is 16.7. The van der Waals surface area contributed by atoms with Crippen LogP contribution in [-0.2, 0) is 21.9 Å². The first kappa shape index (κ1) is 19.1. The van der Waals surface area contributed by atoms with Crippen LogP contribution in [0.2, 0.25) is 0 Å². The van der Waals surface area contributed by atoms with Gasteiger partial charge in [0.05, 0.1) is 13.2 Å². The van der Waals surface area contributed by atoms with Crippen LogP contribution in [0.5, 0.6) is 5.75 Å². The highest BCUT2D eigenvalue weighted by Gasteiger charge is 2.40. The van der Waals surface area contributed by atoms with Crippen molar-refractivity contribution in [2.45, 2.75) is 24.4 Å². The molecular formula is C20H22N2O4S. The zero-order valence-corrected chi connectivity index (χ0v) is 15.8. The molecule has 1 aliphatic rings. The van der Waals surface area contributed by atoms with E-state index in [0.717, 1.165) is 17.1 Å². The van der Waals surface area contributed by atoms with Gasteiger partial charge in [-0.2, -0.15) is 11.8 Å². The molecule has 0 radical (unpaired) electrons. The van der Waals surface area contributed by atoms with Gasteiger partial charge in [-0.25, -0.2) is 4.79 Å². The lowest BCUT2D eigenvalue weighted by atomic mass is 10.0. The number of β-lactam (4-membered cyclic amide) rings is 1. The van der Waals surface area contributed by atoms with Crippen molar-refractivity contribution >= 4 is 23.8 Å². The number of carbonyl (C=O) groups excluding carboxylic acids is 2. The van der Waals surface area contributed by atoms with Crippen molar-refractivity contribution in [3.8, 4) is 5.75 Å². The summed E-state index contributed by atoms with van der Waals surface area (Å²) in [6.45, 7) is 0.178. The van der Waals surface area contributed by atoms with E-state index < -0.39 is 12.1 Å². The first-order chi connectivity index (χ1) is 13.2. The lowest BCUT2D eigenvalue weighted by Gasteiger charge is -2.36. The molecule has 0 aliphatic carbocycles. The Labute approximate surface area is 162 Å². The Morgan fingerprint density at radius 2 is 1.85 bits per heavy atom.